The van der Waals surface area contributed by atoms with Crippen molar-refractivity contribution >= 4 is 38.3 Å². The highest BCUT2D eigenvalue weighted by atomic mass is 32.2. The summed E-state index contributed by atoms with van der Waals surface area (Å²) in [6, 6.07) is 19.1. The Hall–Kier alpha value is -3.85. The Labute approximate surface area is 165 Å². The zero-order valence-corrected chi connectivity index (χ0v) is 15.8. The molecule has 0 fully saturated rings. The summed E-state index contributed by atoms with van der Waals surface area (Å²) in [7, 11) is -3.76. The van der Waals surface area contributed by atoms with Gasteiger partial charge in [0.05, 0.1) is 15.9 Å². The van der Waals surface area contributed by atoms with Crippen molar-refractivity contribution in [1.29, 1.82) is 0 Å². The number of carbonyl (C=O) groups excluding carboxylic acids is 1. The molecule has 1 heterocycles. The number of imidazole rings is 1. The number of H-pyrrole nitrogens is 2. The third-order valence-corrected chi connectivity index (χ3v) is 5.62. The number of hydrogen-bond donors (Lipinski definition) is 4. The van der Waals surface area contributed by atoms with Crippen LogP contribution in [0, 0.1) is 0 Å². The molecule has 0 aliphatic carbocycles. The largest absolute Gasteiger partial charge is 0.323 e. The highest BCUT2D eigenvalue weighted by Crippen LogP contribution is 2.18. The van der Waals surface area contributed by atoms with Gasteiger partial charge in [-0.3, -0.25) is 9.52 Å². The van der Waals surface area contributed by atoms with Gasteiger partial charge in [-0.05, 0) is 54.6 Å². The lowest BCUT2D eigenvalue weighted by Gasteiger charge is -2.09. The fourth-order valence-corrected chi connectivity index (χ4v) is 3.88. The molecule has 0 unspecified atom stereocenters. The van der Waals surface area contributed by atoms with Crippen molar-refractivity contribution < 1.29 is 13.2 Å². The molecule has 29 heavy (non-hydrogen) atoms. The Balaban J connectivity index is 1.50. The summed E-state index contributed by atoms with van der Waals surface area (Å²) in [5.74, 6) is -0.401. The Morgan fingerprint density at radius 3 is 2.21 bits per heavy atom. The molecule has 9 heteroatoms. The van der Waals surface area contributed by atoms with Crippen molar-refractivity contribution in [2.24, 2.45) is 0 Å². The highest BCUT2D eigenvalue weighted by molar-refractivity contribution is 7.92. The van der Waals surface area contributed by atoms with Crippen molar-refractivity contribution in [1.82, 2.24) is 9.97 Å². The first-order chi connectivity index (χ1) is 13.9. The Bertz CT molecular complexity index is 1340. The summed E-state index contributed by atoms with van der Waals surface area (Å²) >= 11 is 0. The predicted octanol–water partition coefficient (Wildman–Crippen LogP) is 2.91. The quantitative estimate of drug-likeness (QED) is 0.405. The number of carbonyl (C=O) groups is 1. The van der Waals surface area contributed by atoms with E-state index < -0.39 is 15.9 Å². The van der Waals surface area contributed by atoms with Gasteiger partial charge in [-0.2, -0.15) is 0 Å². The van der Waals surface area contributed by atoms with E-state index in [-0.39, 0.29) is 10.6 Å². The second-order valence-electron chi connectivity index (χ2n) is 6.29. The number of hydrogen-bond acceptors (Lipinski definition) is 4. The van der Waals surface area contributed by atoms with Gasteiger partial charge >= 0.3 is 5.69 Å². The van der Waals surface area contributed by atoms with Crippen LogP contribution in [-0.4, -0.2) is 24.3 Å². The van der Waals surface area contributed by atoms with Crippen LogP contribution in [-0.2, 0) is 10.0 Å². The highest BCUT2D eigenvalue weighted by Gasteiger charge is 2.15. The van der Waals surface area contributed by atoms with Crippen LogP contribution in [0.1, 0.15) is 10.4 Å². The van der Waals surface area contributed by atoms with Crippen LogP contribution in [0.5, 0.6) is 0 Å². The number of fused-ring (bicyclic) bond motifs is 1. The Morgan fingerprint density at radius 2 is 1.48 bits per heavy atom. The van der Waals surface area contributed by atoms with Crippen LogP contribution in [0.4, 0.5) is 11.4 Å². The molecule has 8 nitrogen and oxygen atoms in total. The summed E-state index contributed by atoms with van der Waals surface area (Å²) in [5, 5.41) is 2.72. The second-order valence-corrected chi connectivity index (χ2v) is 7.97. The molecule has 4 aromatic rings. The van der Waals surface area contributed by atoms with E-state index in [1.165, 1.54) is 24.3 Å². The first-order valence-electron chi connectivity index (χ1n) is 8.62. The maximum atomic E-state index is 12.5. The fraction of sp³-hybridized carbons (Fsp3) is 0. The molecule has 3 aromatic carbocycles. The van der Waals surface area contributed by atoms with Gasteiger partial charge in [0.15, 0.2) is 0 Å². The van der Waals surface area contributed by atoms with Gasteiger partial charge in [0.1, 0.15) is 0 Å². The summed E-state index contributed by atoms with van der Waals surface area (Å²) in [5.41, 5.74) is 2.12. The monoisotopic (exact) mass is 408 g/mol. The minimum absolute atomic E-state index is 0.0456. The molecule has 0 aliphatic rings. The SMILES string of the molecule is O=C(Nc1ccc2[nH]c(=O)[nH]c2c1)c1ccc(S(=O)(=O)Nc2ccccc2)cc1. The number of benzene rings is 3. The van der Waals surface area contributed by atoms with Crippen molar-refractivity contribution in [2.75, 3.05) is 10.0 Å². The molecule has 4 rings (SSSR count). The van der Waals surface area contributed by atoms with Crippen molar-refractivity contribution in [2.45, 2.75) is 4.90 Å². The zero-order chi connectivity index (χ0) is 20.4. The lowest BCUT2D eigenvalue weighted by Crippen LogP contribution is -2.14. The summed E-state index contributed by atoms with van der Waals surface area (Å²) in [6.45, 7) is 0. The van der Waals surface area contributed by atoms with Gasteiger partial charge in [-0.25, -0.2) is 13.2 Å². The van der Waals surface area contributed by atoms with E-state index >= 15 is 0 Å². The molecule has 0 saturated carbocycles. The van der Waals surface area contributed by atoms with E-state index in [1.54, 1.807) is 48.5 Å². The molecule has 4 N–H and O–H groups in total. The molecule has 0 saturated heterocycles. The molecular formula is C20H16N4O4S. The molecule has 0 atom stereocenters. The molecule has 1 amide bonds. The molecule has 0 spiro atoms. The van der Waals surface area contributed by atoms with Gasteiger partial charge in [0.2, 0.25) is 0 Å². The minimum Gasteiger partial charge on any atom is -0.322 e. The van der Waals surface area contributed by atoms with Gasteiger partial charge in [0.25, 0.3) is 15.9 Å². The predicted molar refractivity (Wildman–Crippen MR) is 111 cm³/mol. The molecular weight excluding hydrogens is 392 g/mol. The standard InChI is InChI=1S/C20H16N4O4S/c25-19(21-15-8-11-17-18(12-15)23-20(26)22-17)13-6-9-16(10-7-13)29(27,28)24-14-4-2-1-3-5-14/h1-12,24H,(H,21,25)(H2,22,23,26). The van der Waals surface area contributed by atoms with E-state index in [9.17, 15) is 18.0 Å². The first-order valence-corrected chi connectivity index (χ1v) is 10.1. The lowest BCUT2D eigenvalue weighted by atomic mass is 10.2. The zero-order valence-electron chi connectivity index (χ0n) is 15.0. The molecule has 0 radical (unpaired) electrons. The third-order valence-electron chi connectivity index (χ3n) is 4.23. The third kappa shape index (κ3) is 4.04. The van der Waals surface area contributed by atoms with Gasteiger partial charge in [0, 0.05) is 16.9 Å². The number of aromatic nitrogens is 2. The van der Waals surface area contributed by atoms with E-state index in [4.69, 9.17) is 0 Å². The molecule has 0 aliphatic heterocycles. The van der Waals surface area contributed by atoms with Gasteiger partial charge in [-0.1, -0.05) is 18.2 Å². The maximum Gasteiger partial charge on any atom is 0.323 e. The lowest BCUT2D eigenvalue weighted by molar-refractivity contribution is 0.102. The minimum atomic E-state index is -3.76. The normalized spacial score (nSPS) is 11.3. The Kier molecular flexibility index (Phi) is 4.65. The van der Waals surface area contributed by atoms with Crippen LogP contribution >= 0.6 is 0 Å². The molecule has 1 aromatic heterocycles. The molecule has 0 bridgehead atoms. The fourth-order valence-electron chi connectivity index (χ4n) is 2.82. The Morgan fingerprint density at radius 1 is 0.793 bits per heavy atom. The summed E-state index contributed by atoms with van der Waals surface area (Å²) in [6.07, 6.45) is 0. The van der Waals surface area contributed by atoms with Crippen molar-refractivity contribution in [3.05, 3.63) is 88.8 Å². The van der Waals surface area contributed by atoms with E-state index in [1.807, 2.05) is 0 Å². The maximum absolute atomic E-state index is 12.5. The number of amides is 1. The number of aromatic amines is 2. The summed E-state index contributed by atoms with van der Waals surface area (Å²) in [4.78, 5) is 29.1. The number of nitrogens with one attached hydrogen (secondary N) is 4. The number of anilines is 2. The summed E-state index contributed by atoms with van der Waals surface area (Å²) < 4.78 is 27.4. The molecule has 146 valence electrons. The van der Waals surface area contributed by atoms with E-state index in [0.29, 0.717) is 28.0 Å². The average Bonchev–Trinajstić information content (AvgIpc) is 3.08. The number of para-hydroxylation sites is 1. The van der Waals surface area contributed by atoms with E-state index in [2.05, 4.69) is 20.0 Å². The second kappa shape index (κ2) is 7.28. The van der Waals surface area contributed by atoms with Crippen LogP contribution in [0.25, 0.3) is 11.0 Å². The first kappa shape index (κ1) is 18.5. The van der Waals surface area contributed by atoms with Gasteiger partial charge in [-0.15, -0.1) is 0 Å². The number of rotatable bonds is 5. The average molecular weight is 408 g/mol. The van der Waals surface area contributed by atoms with E-state index in [0.717, 1.165) is 0 Å². The van der Waals surface area contributed by atoms with Crippen molar-refractivity contribution in [3.63, 3.8) is 0 Å². The topological polar surface area (TPSA) is 124 Å². The smallest absolute Gasteiger partial charge is 0.322 e. The van der Waals surface area contributed by atoms with Crippen LogP contribution in [0.3, 0.4) is 0 Å². The van der Waals surface area contributed by atoms with Crippen LogP contribution < -0.4 is 15.7 Å². The van der Waals surface area contributed by atoms with Crippen LogP contribution in [0.15, 0.2) is 82.5 Å². The van der Waals surface area contributed by atoms with Crippen LogP contribution in [0.2, 0.25) is 0 Å². The van der Waals surface area contributed by atoms with Gasteiger partial charge < -0.3 is 15.3 Å². The van der Waals surface area contributed by atoms with Crippen molar-refractivity contribution in [3.8, 4) is 0 Å². The number of sulfonamides is 1.